The molecule has 8 nitrogen and oxygen atoms in total. The van der Waals surface area contributed by atoms with Crippen LogP contribution in [-0.2, 0) is 23.9 Å². The molecule has 0 aliphatic carbocycles. The summed E-state index contributed by atoms with van der Waals surface area (Å²) in [5.41, 5.74) is 0.450. The van der Waals surface area contributed by atoms with Crippen LogP contribution in [0.25, 0.3) is 0 Å². The van der Waals surface area contributed by atoms with Crippen LogP contribution in [0.3, 0.4) is 0 Å². The van der Waals surface area contributed by atoms with Gasteiger partial charge in [-0.2, -0.15) is 0 Å². The van der Waals surface area contributed by atoms with Crippen molar-refractivity contribution in [2.24, 2.45) is 23.7 Å². The van der Waals surface area contributed by atoms with E-state index in [0.717, 1.165) is 16.8 Å². The first kappa shape index (κ1) is 31.0. The Labute approximate surface area is 244 Å². The molecule has 3 unspecified atom stereocenters. The maximum absolute atomic E-state index is 14.9. The van der Waals surface area contributed by atoms with E-state index in [4.69, 9.17) is 9.47 Å². The van der Waals surface area contributed by atoms with Crippen LogP contribution in [0.2, 0.25) is 0 Å². The smallest absolute Gasteiger partial charge is 0.312 e. The average Bonchev–Trinajstić information content (AvgIpc) is 3.43. The first-order valence-electron chi connectivity index (χ1n) is 14.8. The predicted octanol–water partition coefficient (Wildman–Crippen LogP) is 4.36. The van der Waals surface area contributed by atoms with E-state index >= 15 is 0 Å². The Morgan fingerprint density at radius 2 is 1.98 bits per heavy atom. The molecule has 8 heteroatoms. The van der Waals surface area contributed by atoms with Crippen molar-refractivity contribution in [2.75, 3.05) is 24.7 Å². The van der Waals surface area contributed by atoms with Crippen LogP contribution in [0, 0.1) is 37.5 Å². The number of aryl methyl sites for hydroxylation is 2. The summed E-state index contributed by atoms with van der Waals surface area (Å²) in [6.07, 6.45) is 4.78. The monoisotopic (exact) mass is 566 g/mol. The van der Waals surface area contributed by atoms with Gasteiger partial charge in [-0.05, 0) is 69.1 Å². The highest BCUT2D eigenvalue weighted by molar-refractivity contribution is 6.05. The van der Waals surface area contributed by atoms with Crippen molar-refractivity contribution in [2.45, 2.75) is 84.1 Å². The number of hydrogen-bond acceptors (Lipinski definition) is 6. The number of benzene rings is 1. The Hall–Kier alpha value is -2.97. The van der Waals surface area contributed by atoms with Crippen LogP contribution in [0.1, 0.15) is 58.1 Å². The van der Waals surface area contributed by atoms with Crippen LogP contribution < -0.4 is 4.90 Å². The lowest BCUT2D eigenvalue weighted by Crippen LogP contribution is -2.59. The van der Waals surface area contributed by atoms with E-state index in [0.29, 0.717) is 19.3 Å². The molecule has 1 aromatic rings. The second kappa shape index (κ2) is 11.7. The second-order valence-electron chi connectivity index (χ2n) is 12.7. The lowest BCUT2D eigenvalue weighted by molar-refractivity contribution is -0.162. The molecule has 1 N–H and O–H groups in total. The molecule has 224 valence electrons. The maximum Gasteiger partial charge on any atom is 0.312 e. The van der Waals surface area contributed by atoms with E-state index in [1.54, 1.807) is 22.0 Å². The van der Waals surface area contributed by atoms with Crippen LogP contribution >= 0.6 is 0 Å². The predicted molar refractivity (Wildman–Crippen MR) is 158 cm³/mol. The van der Waals surface area contributed by atoms with Gasteiger partial charge in [0, 0.05) is 12.2 Å². The van der Waals surface area contributed by atoms with Crippen LogP contribution in [0.5, 0.6) is 0 Å². The first-order chi connectivity index (χ1) is 19.4. The largest absolute Gasteiger partial charge is 0.465 e. The highest BCUT2D eigenvalue weighted by Crippen LogP contribution is 2.66. The van der Waals surface area contributed by atoms with E-state index < -0.39 is 41.1 Å². The number of carbonyl (C=O) groups excluding carboxylic acids is 3. The van der Waals surface area contributed by atoms with Gasteiger partial charge in [-0.3, -0.25) is 14.4 Å². The standard InChI is InChI=1S/C33H46N2O6/c1-9-11-15-40-31(39)27-26-29(37)35(24(19-36)16-20(3)4)28(33(26)18-23(7)32(27,8)41-33)30(38)34(14-10-2)25-17-21(5)12-13-22(25)6/h9-10,12-13,17,20,23-24,26-28,36H,1-2,11,14-16,18-19H2,3-8H3/t23?,24-,26+,27-,28?,32+,33?/m1/s1. The number of anilines is 1. The molecule has 4 rings (SSSR count). The number of hydrogen-bond donors (Lipinski definition) is 1. The van der Waals surface area contributed by atoms with Gasteiger partial charge < -0.3 is 24.4 Å². The fourth-order valence-corrected chi connectivity index (χ4v) is 7.45. The Balaban J connectivity index is 1.88. The molecule has 3 aliphatic heterocycles. The van der Waals surface area contributed by atoms with Gasteiger partial charge in [0.2, 0.25) is 5.91 Å². The van der Waals surface area contributed by atoms with Crippen molar-refractivity contribution >= 4 is 23.5 Å². The van der Waals surface area contributed by atoms with Gasteiger partial charge in [-0.1, -0.05) is 45.1 Å². The summed E-state index contributed by atoms with van der Waals surface area (Å²) in [6, 6.07) is 4.29. The number of rotatable bonds is 12. The average molecular weight is 567 g/mol. The zero-order valence-corrected chi connectivity index (χ0v) is 25.4. The van der Waals surface area contributed by atoms with Crippen LogP contribution in [-0.4, -0.2) is 70.8 Å². The third-order valence-corrected chi connectivity index (χ3v) is 9.39. The van der Waals surface area contributed by atoms with E-state index in [-0.39, 0.29) is 43.4 Å². The molecule has 41 heavy (non-hydrogen) atoms. The molecule has 3 fully saturated rings. The molecule has 0 radical (unpaired) electrons. The molecule has 7 atom stereocenters. The molecule has 3 heterocycles. The molecular formula is C33H46N2O6. The summed E-state index contributed by atoms with van der Waals surface area (Å²) >= 11 is 0. The van der Waals surface area contributed by atoms with Gasteiger partial charge >= 0.3 is 5.97 Å². The fraction of sp³-hybridized carbons (Fsp3) is 0.606. The number of aliphatic hydroxyl groups excluding tert-OH is 1. The van der Waals surface area contributed by atoms with Crippen LogP contribution in [0.15, 0.2) is 43.5 Å². The van der Waals surface area contributed by atoms with Crippen molar-refractivity contribution in [3.63, 3.8) is 0 Å². The molecular weight excluding hydrogens is 520 g/mol. The molecule has 1 aromatic carbocycles. The number of ether oxygens (including phenoxy) is 2. The van der Waals surface area contributed by atoms with Gasteiger partial charge in [-0.15, -0.1) is 13.2 Å². The van der Waals surface area contributed by atoms with Gasteiger partial charge in [0.25, 0.3) is 5.91 Å². The molecule has 1 spiro atoms. The number of amides is 2. The Morgan fingerprint density at radius 3 is 2.59 bits per heavy atom. The number of likely N-dealkylation sites (tertiary alicyclic amines) is 1. The SMILES string of the molecule is C=CCCOC(=O)[C@H]1[C@H]2C(=O)N([C@@H](CO)CC(C)C)C(C(=O)N(CC=C)c3cc(C)ccc3C)C23CC(C)[C@]1(C)O3. The third-order valence-electron chi connectivity index (χ3n) is 9.39. The zero-order chi connectivity index (χ0) is 30.3. The van der Waals surface area contributed by atoms with E-state index in [1.807, 2.05) is 59.7 Å². The maximum atomic E-state index is 14.9. The number of aliphatic hydroxyl groups is 1. The summed E-state index contributed by atoms with van der Waals surface area (Å²) in [4.78, 5) is 46.2. The van der Waals surface area contributed by atoms with E-state index in [1.165, 1.54) is 0 Å². The van der Waals surface area contributed by atoms with Gasteiger partial charge in [0.05, 0.1) is 30.8 Å². The van der Waals surface area contributed by atoms with Gasteiger partial charge in [-0.25, -0.2) is 0 Å². The minimum Gasteiger partial charge on any atom is -0.465 e. The van der Waals surface area contributed by atoms with Crippen molar-refractivity contribution in [3.8, 4) is 0 Å². The number of fused-ring (bicyclic) bond motifs is 1. The van der Waals surface area contributed by atoms with Crippen molar-refractivity contribution in [1.82, 2.24) is 4.90 Å². The molecule has 0 aromatic heterocycles. The van der Waals surface area contributed by atoms with Crippen molar-refractivity contribution < 1.29 is 29.0 Å². The molecule has 0 saturated carbocycles. The van der Waals surface area contributed by atoms with Gasteiger partial charge in [0.1, 0.15) is 17.6 Å². The zero-order valence-electron chi connectivity index (χ0n) is 25.4. The summed E-state index contributed by atoms with van der Waals surface area (Å²) < 4.78 is 12.5. The summed E-state index contributed by atoms with van der Waals surface area (Å²) in [5.74, 6) is -2.82. The van der Waals surface area contributed by atoms with Gasteiger partial charge in [0.15, 0.2) is 0 Å². The third kappa shape index (κ3) is 5.03. The van der Waals surface area contributed by atoms with E-state index in [2.05, 4.69) is 13.2 Å². The normalized spacial score (nSPS) is 30.8. The van der Waals surface area contributed by atoms with Crippen molar-refractivity contribution in [1.29, 1.82) is 0 Å². The molecule has 2 bridgehead atoms. The minimum atomic E-state index is -1.23. The number of nitrogens with zero attached hydrogens (tertiary/aromatic N) is 2. The summed E-state index contributed by atoms with van der Waals surface area (Å²) in [7, 11) is 0. The summed E-state index contributed by atoms with van der Waals surface area (Å²) in [5, 5.41) is 10.6. The fourth-order valence-electron chi connectivity index (χ4n) is 7.45. The van der Waals surface area contributed by atoms with Crippen LogP contribution in [0.4, 0.5) is 5.69 Å². The Bertz CT molecular complexity index is 1210. The Morgan fingerprint density at radius 1 is 1.27 bits per heavy atom. The molecule has 3 aliphatic rings. The van der Waals surface area contributed by atoms with E-state index in [9.17, 15) is 19.5 Å². The first-order valence-corrected chi connectivity index (χ1v) is 14.8. The second-order valence-corrected chi connectivity index (χ2v) is 12.7. The molecule has 3 saturated heterocycles. The Kier molecular flexibility index (Phi) is 8.86. The minimum absolute atomic E-state index is 0.106. The summed E-state index contributed by atoms with van der Waals surface area (Å²) in [6.45, 7) is 19.5. The number of carbonyl (C=O) groups is 3. The quantitative estimate of drug-likeness (QED) is 0.230. The highest BCUT2D eigenvalue weighted by Gasteiger charge is 2.80. The lowest BCUT2D eigenvalue weighted by atomic mass is 9.62. The van der Waals surface area contributed by atoms with Crippen molar-refractivity contribution in [3.05, 3.63) is 54.6 Å². The highest BCUT2D eigenvalue weighted by atomic mass is 16.6. The number of esters is 1. The topological polar surface area (TPSA) is 96.4 Å². The lowest BCUT2D eigenvalue weighted by Gasteiger charge is -2.40. The molecule has 2 amide bonds.